The molecule has 0 aliphatic rings. The average molecular weight is 172 g/mol. The lowest BCUT2D eigenvalue weighted by molar-refractivity contribution is 0.737. The molecule has 0 aromatic rings. The van der Waals surface area contributed by atoms with Gasteiger partial charge < -0.3 is 0 Å². The van der Waals surface area contributed by atoms with Crippen LogP contribution in [0.5, 0.6) is 0 Å². The summed E-state index contributed by atoms with van der Waals surface area (Å²) in [5.41, 5.74) is 0. The fourth-order valence-corrected chi connectivity index (χ4v) is 0. The molecule has 0 heteroatoms. The largest absolute Gasteiger partial charge is 0.0991 e. The van der Waals surface area contributed by atoms with Crippen LogP contribution in [0.25, 0.3) is 0 Å². The van der Waals surface area contributed by atoms with Gasteiger partial charge in [0.1, 0.15) is 0 Å². The van der Waals surface area contributed by atoms with E-state index < -0.39 is 0 Å². The lowest BCUT2D eigenvalue weighted by Crippen LogP contribution is -1.66. The van der Waals surface area contributed by atoms with Crippen molar-refractivity contribution in [3.05, 3.63) is 25.3 Å². The molecule has 0 heterocycles. The Labute approximate surface area is 80.4 Å². The van der Waals surface area contributed by atoms with Crippen molar-refractivity contribution in [3.63, 3.8) is 0 Å². The van der Waals surface area contributed by atoms with Gasteiger partial charge in [-0.25, -0.2) is 0 Å². The molecule has 0 N–H and O–H groups in total. The molecule has 0 radical (unpaired) electrons. The van der Waals surface area contributed by atoms with E-state index in [0.29, 0.717) is 0 Å². The molecular formula is C12H28. The second-order valence-corrected chi connectivity index (χ2v) is 2.20. The van der Waals surface area contributed by atoms with Crippen LogP contribution < -0.4 is 0 Å². The van der Waals surface area contributed by atoms with Crippen LogP contribution in [0.4, 0.5) is 0 Å². The van der Waals surface area contributed by atoms with Crippen LogP contribution in [0.3, 0.4) is 0 Å². The first-order valence-corrected chi connectivity index (χ1v) is 4.88. The van der Waals surface area contributed by atoms with Gasteiger partial charge in [-0.3, -0.25) is 0 Å². The molecule has 0 amide bonds. The minimum Gasteiger partial charge on any atom is -0.0991 e. The van der Waals surface area contributed by atoms with Crippen LogP contribution in [0, 0.1) is 5.92 Å². The van der Waals surface area contributed by atoms with Crippen molar-refractivity contribution in [2.75, 3.05) is 0 Å². The minimum absolute atomic E-state index is 0.833. The van der Waals surface area contributed by atoms with Crippen LogP contribution in [0.15, 0.2) is 25.3 Å². The lowest BCUT2D eigenvalue weighted by Gasteiger charge is -1.79. The van der Waals surface area contributed by atoms with E-state index in [4.69, 9.17) is 0 Å². The summed E-state index contributed by atoms with van der Waals surface area (Å²) in [5.74, 6) is 0.833. The van der Waals surface area contributed by atoms with Gasteiger partial charge in [0.15, 0.2) is 0 Å². The van der Waals surface area contributed by atoms with Gasteiger partial charge in [-0.05, 0) is 5.92 Å². The van der Waals surface area contributed by atoms with E-state index in [0.717, 1.165) is 5.92 Å². The molecule has 0 saturated heterocycles. The van der Waals surface area contributed by atoms with Crippen LogP contribution in [-0.4, -0.2) is 0 Å². The van der Waals surface area contributed by atoms with Gasteiger partial charge in [-0.1, -0.05) is 73.8 Å². The minimum atomic E-state index is 0.833. The quantitative estimate of drug-likeness (QED) is 0.484. The van der Waals surface area contributed by atoms with Gasteiger partial charge in [0, 0.05) is 0 Å². The molecule has 0 spiro atoms. The Morgan fingerprint density at radius 3 is 0.833 bits per heavy atom. The van der Waals surface area contributed by atoms with Crippen molar-refractivity contribution < 1.29 is 0 Å². The second-order valence-electron chi connectivity index (χ2n) is 2.20. The zero-order valence-electron chi connectivity index (χ0n) is 10.1. The molecule has 0 aliphatic heterocycles. The molecule has 0 aromatic heterocycles. The molecule has 76 valence electrons. The third-order valence-electron chi connectivity index (χ3n) is 0.167. The van der Waals surface area contributed by atoms with Crippen LogP contribution >= 0.6 is 0 Å². The van der Waals surface area contributed by atoms with Crippen molar-refractivity contribution >= 4 is 0 Å². The van der Waals surface area contributed by atoms with Gasteiger partial charge in [0.25, 0.3) is 0 Å². The van der Waals surface area contributed by atoms with E-state index in [-0.39, 0.29) is 0 Å². The molecule has 0 unspecified atom stereocenters. The second kappa shape index (κ2) is 46.9. The third-order valence-corrected chi connectivity index (χ3v) is 0.167. The Morgan fingerprint density at radius 2 is 0.833 bits per heavy atom. The molecule has 0 aromatic carbocycles. The van der Waals surface area contributed by atoms with Crippen molar-refractivity contribution in [2.45, 2.75) is 48.5 Å². The molecule has 0 aliphatic carbocycles. The number of rotatable bonds is 1. The Hall–Kier alpha value is -0.520. The van der Waals surface area contributed by atoms with Crippen LogP contribution in [0.2, 0.25) is 0 Å². The molecule has 0 nitrogen and oxygen atoms in total. The maximum Gasteiger partial charge on any atom is -0.0500 e. The zero-order chi connectivity index (χ0) is 11.0. The van der Waals surface area contributed by atoms with Gasteiger partial charge in [0.2, 0.25) is 0 Å². The predicted molar refractivity (Wildman–Crippen MR) is 63.6 cm³/mol. The highest BCUT2D eigenvalue weighted by Gasteiger charge is 1.68. The Kier molecular flexibility index (Phi) is 88.1. The summed E-state index contributed by atoms with van der Waals surface area (Å²) in [4.78, 5) is 0. The van der Waals surface area contributed by atoms with E-state index in [1.165, 1.54) is 0 Å². The molecule has 0 saturated carbocycles. The average Bonchev–Trinajstić information content (AvgIpc) is 2.10. The van der Waals surface area contributed by atoms with E-state index in [2.05, 4.69) is 33.9 Å². The van der Waals surface area contributed by atoms with Gasteiger partial charge in [-0.2, -0.15) is 0 Å². The summed E-state index contributed by atoms with van der Waals surface area (Å²) < 4.78 is 0. The van der Waals surface area contributed by atoms with E-state index in [9.17, 15) is 0 Å². The summed E-state index contributed by atoms with van der Waals surface area (Å²) in [6.07, 6.45) is 3.28. The molecule has 0 fully saturated rings. The topological polar surface area (TPSA) is 0 Å². The smallest absolute Gasteiger partial charge is 0.0500 e. The number of hydrogen-bond acceptors (Lipinski definition) is 0. The first-order chi connectivity index (χ1) is 5.65. The SMILES string of the molecule is C=CC=C.CC.CC.CC(C)C. The Morgan fingerprint density at radius 1 is 0.750 bits per heavy atom. The maximum atomic E-state index is 3.36. The summed E-state index contributed by atoms with van der Waals surface area (Å²) in [6, 6.07) is 0. The van der Waals surface area contributed by atoms with Crippen molar-refractivity contribution in [1.29, 1.82) is 0 Å². The Bertz CT molecular complexity index is 42.3. The van der Waals surface area contributed by atoms with Crippen molar-refractivity contribution in [1.82, 2.24) is 0 Å². The van der Waals surface area contributed by atoms with Gasteiger partial charge in [-0.15, -0.1) is 0 Å². The number of allylic oxidation sites excluding steroid dienone is 2. The summed E-state index contributed by atoms with van der Waals surface area (Å²) >= 11 is 0. The normalized spacial score (nSPS) is 5.67. The summed E-state index contributed by atoms with van der Waals surface area (Å²) in [5, 5.41) is 0. The summed E-state index contributed by atoms with van der Waals surface area (Å²) in [6.45, 7) is 21.2. The van der Waals surface area contributed by atoms with Crippen molar-refractivity contribution in [2.24, 2.45) is 5.92 Å². The molecule has 0 rings (SSSR count). The van der Waals surface area contributed by atoms with Crippen LogP contribution in [-0.2, 0) is 0 Å². The molecule has 0 bridgehead atoms. The molecular weight excluding hydrogens is 144 g/mol. The zero-order valence-corrected chi connectivity index (χ0v) is 10.1. The maximum absolute atomic E-state index is 3.36. The van der Waals surface area contributed by atoms with Gasteiger partial charge in [0.05, 0.1) is 0 Å². The first kappa shape index (κ1) is 22.5. The highest BCUT2D eigenvalue weighted by Crippen LogP contribution is 1.81. The van der Waals surface area contributed by atoms with Crippen molar-refractivity contribution in [3.8, 4) is 0 Å². The van der Waals surface area contributed by atoms with Crippen LogP contribution in [0.1, 0.15) is 48.5 Å². The predicted octanol–water partition coefficient (Wildman–Crippen LogP) is 5.07. The van der Waals surface area contributed by atoms with E-state index in [1.807, 2.05) is 27.7 Å². The monoisotopic (exact) mass is 172 g/mol. The van der Waals surface area contributed by atoms with E-state index in [1.54, 1.807) is 12.2 Å². The first-order valence-electron chi connectivity index (χ1n) is 4.88. The number of hydrogen-bond donors (Lipinski definition) is 0. The fourth-order valence-electron chi connectivity index (χ4n) is 0. The van der Waals surface area contributed by atoms with Gasteiger partial charge >= 0.3 is 0 Å². The fraction of sp³-hybridized carbons (Fsp3) is 0.667. The molecule has 0 atom stereocenters. The summed E-state index contributed by atoms with van der Waals surface area (Å²) in [7, 11) is 0. The highest BCUT2D eigenvalue weighted by molar-refractivity contribution is 4.88. The third kappa shape index (κ3) is 2960. The Balaban J connectivity index is -0.0000000380. The standard InChI is InChI=1S/C4H10.C4H6.2C2H6/c1-4(2)3;1-3-4-2;2*1-2/h4H,1-3H3;3-4H,1-2H2;2*1-2H3. The highest BCUT2D eigenvalue weighted by atomic mass is 13.7. The lowest BCUT2D eigenvalue weighted by atomic mass is 10.3. The molecule has 12 heavy (non-hydrogen) atoms. The van der Waals surface area contributed by atoms with E-state index >= 15 is 0 Å².